The molecule has 12 heavy (non-hydrogen) atoms. The van der Waals surface area contributed by atoms with Crippen LogP contribution >= 0.6 is 0 Å². The number of rotatable bonds is 2. The van der Waals surface area contributed by atoms with E-state index in [9.17, 15) is 5.11 Å². The summed E-state index contributed by atoms with van der Waals surface area (Å²) in [7, 11) is 0. The summed E-state index contributed by atoms with van der Waals surface area (Å²) >= 11 is 0. The fourth-order valence-electron chi connectivity index (χ4n) is 1.07. The second-order valence-electron chi connectivity index (χ2n) is 3.30. The van der Waals surface area contributed by atoms with Crippen molar-refractivity contribution in [2.45, 2.75) is 19.4 Å². The summed E-state index contributed by atoms with van der Waals surface area (Å²) in [6, 6.07) is 7.51. The number of benzene rings is 1. The van der Waals surface area contributed by atoms with E-state index in [-0.39, 0.29) is 6.61 Å². The van der Waals surface area contributed by atoms with Gasteiger partial charge in [-0.3, -0.25) is 0 Å². The summed E-state index contributed by atoms with van der Waals surface area (Å²) < 4.78 is 0. The van der Waals surface area contributed by atoms with E-state index in [4.69, 9.17) is 5.11 Å². The minimum Gasteiger partial charge on any atom is -0.393 e. The van der Waals surface area contributed by atoms with Crippen LogP contribution < -0.4 is 0 Å². The summed E-state index contributed by atoms with van der Waals surface area (Å²) in [5.41, 5.74) is 0.720. The lowest BCUT2D eigenvalue weighted by Gasteiger charge is -2.20. The normalized spacial score (nSPS) is 15.7. The average molecular weight is 166 g/mol. The van der Waals surface area contributed by atoms with Gasteiger partial charge in [0.15, 0.2) is 0 Å². The van der Waals surface area contributed by atoms with Gasteiger partial charge in [-0.2, -0.15) is 0 Å². The fraction of sp³-hybridized carbons (Fsp3) is 0.400. The molecule has 1 aromatic rings. The van der Waals surface area contributed by atoms with E-state index in [1.54, 1.807) is 6.92 Å². The van der Waals surface area contributed by atoms with Crippen LogP contribution in [0.2, 0.25) is 0 Å². The Morgan fingerprint density at radius 3 is 2.58 bits per heavy atom. The first-order valence-corrected chi connectivity index (χ1v) is 3.96. The van der Waals surface area contributed by atoms with Crippen molar-refractivity contribution in [3.05, 3.63) is 35.4 Å². The number of aryl methyl sites for hydroxylation is 1. The number of aliphatic hydroxyl groups excluding tert-OH is 1. The maximum atomic E-state index is 9.67. The van der Waals surface area contributed by atoms with Crippen LogP contribution in [0.5, 0.6) is 0 Å². The molecule has 0 saturated heterocycles. The van der Waals surface area contributed by atoms with Crippen LogP contribution in [-0.2, 0) is 5.60 Å². The van der Waals surface area contributed by atoms with Crippen molar-refractivity contribution < 1.29 is 10.2 Å². The molecule has 2 N–H and O–H groups in total. The minimum absolute atomic E-state index is 0.254. The fourth-order valence-corrected chi connectivity index (χ4v) is 1.07. The smallest absolute Gasteiger partial charge is 0.110 e. The highest BCUT2D eigenvalue weighted by molar-refractivity contribution is 5.26. The van der Waals surface area contributed by atoms with Gasteiger partial charge < -0.3 is 10.2 Å². The van der Waals surface area contributed by atoms with Crippen LogP contribution in [-0.4, -0.2) is 16.8 Å². The first-order chi connectivity index (χ1) is 5.56. The molecule has 0 fully saturated rings. The van der Waals surface area contributed by atoms with E-state index in [0.717, 1.165) is 11.1 Å². The van der Waals surface area contributed by atoms with E-state index in [1.165, 1.54) is 0 Å². The lowest BCUT2D eigenvalue weighted by atomic mass is 9.96. The van der Waals surface area contributed by atoms with Gasteiger partial charge in [-0.1, -0.05) is 29.8 Å². The molecule has 1 rings (SSSR count). The zero-order chi connectivity index (χ0) is 9.19. The second-order valence-corrected chi connectivity index (χ2v) is 3.30. The Morgan fingerprint density at radius 1 is 1.42 bits per heavy atom. The van der Waals surface area contributed by atoms with Gasteiger partial charge in [-0.15, -0.1) is 0 Å². The molecule has 0 radical (unpaired) electrons. The third-order valence-corrected chi connectivity index (χ3v) is 1.95. The van der Waals surface area contributed by atoms with Crippen LogP contribution in [0.1, 0.15) is 18.1 Å². The van der Waals surface area contributed by atoms with Gasteiger partial charge >= 0.3 is 0 Å². The standard InChI is InChI=1S/C10H14O2/c1-8-4-3-5-9(6-8)10(2,12)7-11/h3-6,11-12H,7H2,1-2H3. The van der Waals surface area contributed by atoms with Crippen molar-refractivity contribution in [1.29, 1.82) is 0 Å². The van der Waals surface area contributed by atoms with Crippen molar-refractivity contribution in [1.82, 2.24) is 0 Å². The number of hydrogen-bond donors (Lipinski definition) is 2. The molecule has 66 valence electrons. The lowest BCUT2D eigenvalue weighted by Crippen LogP contribution is -2.25. The van der Waals surface area contributed by atoms with Crippen LogP contribution in [0.15, 0.2) is 24.3 Å². The molecule has 2 nitrogen and oxygen atoms in total. The molecule has 0 aliphatic heterocycles. The van der Waals surface area contributed by atoms with Crippen molar-refractivity contribution in [3.63, 3.8) is 0 Å². The number of aliphatic hydroxyl groups is 2. The summed E-state index contributed by atoms with van der Waals surface area (Å²) in [4.78, 5) is 0. The Labute approximate surface area is 72.5 Å². The molecule has 0 aromatic heterocycles. The summed E-state index contributed by atoms with van der Waals surface area (Å²) in [5.74, 6) is 0. The molecule has 0 heterocycles. The largest absolute Gasteiger partial charge is 0.393 e. The van der Waals surface area contributed by atoms with Crippen molar-refractivity contribution in [3.8, 4) is 0 Å². The Morgan fingerprint density at radius 2 is 2.08 bits per heavy atom. The average Bonchev–Trinajstić information content (AvgIpc) is 2.05. The molecule has 0 aliphatic rings. The van der Waals surface area contributed by atoms with Gasteiger partial charge in [0.05, 0.1) is 6.61 Å². The van der Waals surface area contributed by atoms with Crippen molar-refractivity contribution in [2.24, 2.45) is 0 Å². The molecular weight excluding hydrogens is 152 g/mol. The van der Waals surface area contributed by atoms with Gasteiger partial charge in [0.25, 0.3) is 0 Å². The first kappa shape index (κ1) is 9.23. The molecule has 2 heteroatoms. The Balaban J connectivity index is 3.03. The highest BCUT2D eigenvalue weighted by Gasteiger charge is 2.21. The summed E-state index contributed by atoms with van der Waals surface area (Å²) in [5, 5.41) is 18.6. The predicted molar refractivity (Wildman–Crippen MR) is 47.8 cm³/mol. The van der Waals surface area contributed by atoms with E-state index >= 15 is 0 Å². The zero-order valence-electron chi connectivity index (χ0n) is 7.41. The van der Waals surface area contributed by atoms with Gasteiger partial charge in [0.2, 0.25) is 0 Å². The predicted octanol–water partition coefficient (Wildman–Crippen LogP) is 1.19. The Bertz CT molecular complexity index is 266. The molecular formula is C10H14O2. The van der Waals surface area contributed by atoms with Gasteiger partial charge in [-0.25, -0.2) is 0 Å². The molecule has 0 spiro atoms. The second kappa shape index (κ2) is 3.25. The van der Waals surface area contributed by atoms with Crippen LogP contribution in [0.3, 0.4) is 0 Å². The molecule has 0 saturated carbocycles. The molecule has 1 atom stereocenters. The Hall–Kier alpha value is -0.860. The molecule has 0 amide bonds. The third-order valence-electron chi connectivity index (χ3n) is 1.95. The topological polar surface area (TPSA) is 40.5 Å². The van der Waals surface area contributed by atoms with Crippen LogP contribution in [0.4, 0.5) is 0 Å². The maximum absolute atomic E-state index is 9.67. The third kappa shape index (κ3) is 1.84. The highest BCUT2D eigenvalue weighted by Crippen LogP contribution is 2.20. The first-order valence-electron chi connectivity index (χ1n) is 3.96. The van der Waals surface area contributed by atoms with Crippen LogP contribution in [0, 0.1) is 6.92 Å². The van der Waals surface area contributed by atoms with E-state index < -0.39 is 5.60 Å². The van der Waals surface area contributed by atoms with Gasteiger partial charge in [-0.05, 0) is 19.4 Å². The molecule has 0 aliphatic carbocycles. The highest BCUT2D eigenvalue weighted by atomic mass is 16.3. The van der Waals surface area contributed by atoms with Crippen molar-refractivity contribution in [2.75, 3.05) is 6.61 Å². The maximum Gasteiger partial charge on any atom is 0.110 e. The summed E-state index contributed by atoms with van der Waals surface area (Å²) in [6.45, 7) is 3.30. The van der Waals surface area contributed by atoms with Crippen LogP contribution in [0.25, 0.3) is 0 Å². The Kier molecular flexibility index (Phi) is 2.50. The van der Waals surface area contributed by atoms with Crippen molar-refractivity contribution >= 4 is 0 Å². The summed E-state index contributed by atoms with van der Waals surface area (Å²) in [6.07, 6.45) is 0. The molecule has 0 bridgehead atoms. The van der Waals surface area contributed by atoms with Gasteiger partial charge in [0, 0.05) is 0 Å². The SMILES string of the molecule is Cc1cccc(C(C)(O)CO)c1. The zero-order valence-corrected chi connectivity index (χ0v) is 7.41. The quantitative estimate of drug-likeness (QED) is 0.693. The lowest BCUT2D eigenvalue weighted by molar-refractivity contribution is -0.00232. The monoisotopic (exact) mass is 166 g/mol. The minimum atomic E-state index is -1.12. The number of hydrogen-bond acceptors (Lipinski definition) is 2. The van der Waals surface area contributed by atoms with E-state index in [0.29, 0.717) is 0 Å². The van der Waals surface area contributed by atoms with E-state index in [1.807, 2.05) is 31.2 Å². The molecule has 1 aromatic carbocycles. The van der Waals surface area contributed by atoms with E-state index in [2.05, 4.69) is 0 Å². The molecule has 1 unspecified atom stereocenters. The van der Waals surface area contributed by atoms with Gasteiger partial charge in [0.1, 0.15) is 5.60 Å².